The average molecular weight is 410 g/mol. The van der Waals surface area contributed by atoms with Gasteiger partial charge in [-0.1, -0.05) is 35.3 Å². The number of carbonyl (C=O) groups excluding carboxylic acids is 2. The third-order valence-corrected chi connectivity index (χ3v) is 4.92. The molecule has 0 spiro atoms. The highest BCUT2D eigenvalue weighted by Gasteiger charge is 2.25. The third-order valence-electron chi connectivity index (χ3n) is 3.53. The average Bonchev–Trinajstić information content (AvgIpc) is 2.91. The van der Waals surface area contributed by atoms with Gasteiger partial charge in [0.25, 0.3) is 11.1 Å². The maximum Gasteiger partial charge on any atom is 0.290 e. The molecule has 1 aliphatic heterocycles. The molecule has 1 saturated heterocycles. The molecule has 0 radical (unpaired) electrons. The molecule has 2 aromatic rings. The molecule has 26 heavy (non-hydrogen) atoms. The summed E-state index contributed by atoms with van der Waals surface area (Å²) in [6.45, 7) is 0.222. The van der Waals surface area contributed by atoms with Gasteiger partial charge in [0.1, 0.15) is 6.61 Å². The van der Waals surface area contributed by atoms with Crippen LogP contribution in [-0.2, 0) is 11.4 Å². The van der Waals surface area contributed by atoms with Gasteiger partial charge in [-0.05, 0) is 47.7 Å². The number of hydrogen-bond acceptors (Lipinski definition) is 5. The fourth-order valence-corrected chi connectivity index (χ4v) is 3.41. The van der Waals surface area contributed by atoms with E-state index in [0.717, 1.165) is 17.3 Å². The zero-order valence-electron chi connectivity index (χ0n) is 13.5. The molecule has 8 heteroatoms. The Morgan fingerprint density at radius 3 is 2.58 bits per heavy atom. The van der Waals surface area contributed by atoms with Gasteiger partial charge in [-0.25, -0.2) is 0 Å². The highest BCUT2D eigenvalue weighted by atomic mass is 35.5. The highest BCUT2D eigenvalue weighted by molar-refractivity contribution is 8.18. The number of benzene rings is 2. The van der Waals surface area contributed by atoms with E-state index in [1.54, 1.807) is 42.5 Å². The third kappa shape index (κ3) is 4.33. The first-order valence-electron chi connectivity index (χ1n) is 7.46. The largest absolute Gasteiger partial charge is 0.493 e. The van der Waals surface area contributed by atoms with Crippen molar-refractivity contribution in [2.24, 2.45) is 0 Å². The van der Waals surface area contributed by atoms with E-state index >= 15 is 0 Å². The van der Waals surface area contributed by atoms with Crippen LogP contribution < -0.4 is 14.8 Å². The Labute approximate surface area is 164 Å². The molecule has 1 fully saturated rings. The Balaban J connectivity index is 1.83. The molecule has 1 aliphatic rings. The normalized spacial score (nSPS) is 15.3. The smallest absolute Gasteiger partial charge is 0.290 e. The molecule has 134 valence electrons. The molecule has 0 aromatic heterocycles. The van der Waals surface area contributed by atoms with Crippen LogP contribution >= 0.6 is 35.0 Å². The van der Waals surface area contributed by atoms with E-state index in [1.807, 2.05) is 0 Å². The lowest BCUT2D eigenvalue weighted by molar-refractivity contribution is -0.115. The maximum atomic E-state index is 11.7. The second-order valence-electron chi connectivity index (χ2n) is 5.29. The first-order valence-corrected chi connectivity index (χ1v) is 9.03. The second-order valence-corrected chi connectivity index (χ2v) is 7.15. The molecule has 0 aliphatic carbocycles. The summed E-state index contributed by atoms with van der Waals surface area (Å²) >= 11 is 12.9. The van der Waals surface area contributed by atoms with Gasteiger partial charge in [-0.3, -0.25) is 14.9 Å². The van der Waals surface area contributed by atoms with E-state index in [9.17, 15) is 9.59 Å². The number of hydrogen-bond donors (Lipinski definition) is 1. The summed E-state index contributed by atoms with van der Waals surface area (Å²) in [5, 5.41) is 2.89. The van der Waals surface area contributed by atoms with Crippen LogP contribution in [0.3, 0.4) is 0 Å². The van der Waals surface area contributed by atoms with Crippen LogP contribution in [0.15, 0.2) is 41.3 Å². The number of methoxy groups -OCH3 is 1. The number of halogens is 2. The van der Waals surface area contributed by atoms with Crippen molar-refractivity contribution >= 4 is 52.2 Å². The van der Waals surface area contributed by atoms with Crippen molar-refractivity contribution in [2.75, 3.05) is 7.11 Å². The van der Waals surface area contributed by atoms with E-state index in [2.05, 4.69) is 5.32 Å². The molecule has 0 atom stereocenters. The summed E-state index contributed by atoms with van der Waals surface area (Å²) in [6, 6.07) is 10.4. The molecule has 1 heterocycles. The summed E-state index contributed by atoms with van der Waals surface area (Å²) in [6.07, 6.45) is 1.62. The predicted octanol–water partition coefficient (Wildman–Crippen LogP) is 4.90. The van der Waals surface area contributed by atoms with Crippen molar-refractivity contribution in [1.29, 1.82) is 0 Å². The van der Waals surface area contributed by atoms with Gasteiger partial charge < -0.3 is 9.47 Å². The van der Waals surface area contributed by atoms with Gasteiger partial charge in [0.05, 0.1) is 12.0 Å². The Bertz CT molecular complexity index is 914. The van der Waals surface area contributed by atoms with Gasteiger partial charge in [0, 0.05) is 15.6 Å². The van der Waals surface area contributed by atoms with Gasteiger partial charge in [0.15, 0.2) is 11.5 Å². The molecule has 2 aromatic carbocycles. The Morgan fingerprint density at radius 2 is 1.92 bits per heavy atom. The molecule has 3 rings (SSSR count). The van der Waals surface area contributed by atoms with Crippen LogP contribution in [0.25, 0.3) is 6.08 Å². The van der Waals surface area contributed by atoms with Crippen molar-refractivity contribution in [3.8, 4) is 11.5 Å². The lowest BCUT2D eigenvalue weighted by Gasteiger charge is -2.12. The molecule has 2 amide bonds. The first kappa shape index (κ1) is 18.6. The lowest BCUT2D eigenvalue weighted by Crippen LogP contribution is -2.17. The summed E-state index contributed by atoms with van der Waals surface area (Å²) in [4.78, 5) is 23.3. The van der Waals surface area contributed by atoms with Gasteiger partial charge in [-0.2, -0.15) is 0 Å². The summed E-state index contributed by atoms with van der Waals surface area (Å²) in [5.74, 6) is 0.616. The Kier molecular flexibility index (Phi) is 5.76. The number of thioether (sulfide) groups is 1. The van der Waals surface area contributed by atoms with Crippen LogP contribution in [0.2, 0.25) is 10.0 Å². The zero-order valence-corrected chi connectivity index (χ0v) is 15.9. The quantitative estimate of drug-likeness (QED) is 0.710. The number of carbonyl (C=O) groups is 2. The fourth-order valence-electron chi connectivity index (χ4n) is 2.26. The van der Waals surface area contributed by atoms with Crippen LogP contribution in [0, 0.1) is 0 Å². The standard InChI is InChI=1S/C18H13Cl2NO4S/c1-24-14-5-2-10(7-16-17(22)21-18(23)26-16)6-15(14)25-9-11-3-4-12(19)8-13(11)20/h2-8H,9H2,1H3,(H,21,22,23)/b16-7-. The fraction of sp³-hybridized carbons (Fsp3) is 0.111. The van der Waals surface area contributed by atoms with Crippen molar-refractivity contribution < 1.29 is 19.1 Å². The van der Waals surface area contributed by atoms with Crippen molar-refractivity contribution in [3.05, 3.63) is 62.5 Å². The molecule has 5 nitrogen and oxygen atoms in total. The van der Waals surface area contributed by atoms with Crippen molar-refractivity contribution in [3.63, 3.8) is 0 Å². The second kappa shape index (κ2) is 8.03. The van der Waals surface area contributed by atoms with E-state index in [-0.39, 0.29) is 11.8 Å². The number of nitrogens with one attached hydrogen (secondary N) is 1. The minimum atomic E-state index is -0.411. The zero-order chi connectivity index (χ0) is 18.7. The van der Waals surface area contributed by atoms with Crippen molar-refractivity contribution in [1.82, 2.24) is 5.32 Å². The van der Waals surface area contributed by atoms with Gasteiger partial charge in [-0.15, -0.1) is 0 Å². The Morgan fingerprint density at radius 1 is 1.12 bits per heavy atom. The Hall–Kier alpha value is -2.15. The molecule has 0 unspecified atom stereocenters. The molecular weight excluding hydrogens is 397 g/mol. The summed E-state index contributed by atoms with van der Waals surface area (Å²) in [7, 11) is 1.54. The molecular formula is C18H13Cl2NO4S. The summed E-state index contributed by atoms with van der Waals surface area (Å²) < 4.78 is 11.1. The highest BCUT2D eigenvalue weighted by Crippen LogP contribution is 2.32. The maximum absolute atomic E-state index is 11.7. The topological polar surface area (TPSA) is 64.6 Å². The minimum Gasteiger partial charge on any atom is -0.493 e. The van der Waals surface area contributed by atoms with Gasteiger partial charge in [0.2, 0.25) is 0 Å². The number of amides is 2. The predicted molar refractivity (Wildman–Crippen MR) is 103 cm³/mol. The van der Waals surface area contributed by atoms with E-state index in [4.69, 9.17) is 32.7 Å². The van der Waals surface area contributed by atoms with Crippen LogP contribution in [0.4, 0.5) is 4.79 Å². The van der Waals surface area contributed by atoms with Crippen LogP contribution in [0.5, 0.6) is 11.5 Å². The number of ether oxygens (including phenoxy) is 2. The van der Waals surface area contributed by atoms with Gasteiger partial charge >= 0.3 is 0 Å². The van der Waals surface area contributed by atoms with E-state index < -0.39 is 5.91 Å². The van der Waals surface area contributed by atoms with E-state index in [0.29, 0.717) is 32.0 Å². The molecule has 0 bridgehead atoms. The van der Waals surface area contributed by atoms with E-state index in [1.165, 1.54) is 7.11 Å². The first-order chi connectivity index (χ1) is 12.5. The SMILES string of the molecule is COc1ccc(/C=C2\SC(=O)NC2=O)cc1OCc1ccc(Cl)cc1Cl. The minimum absolute atomic E-state index is 0.222. The number of imide groups is 1. The number of rotatable bonds is 5. The summed E-state index contributed by atoms with van der Waals surface area (Å²) in [5.41, 5.74) is 1.48. The monoisotopic (exact) mass is 409 g/mol. The lowest BCUT2D eigenvalue weighted by atomic mass is 10.2. The molecule has 1 N–H and O–H groups in total. The van der Waals surface area contributed by atoms with Crippen LogP contribution in [0.1, 0.15) is 11.1 Å². The molecule has 0 saturated carbocycles. The van der Waals surface area contributed by atoms with Crippen molar-refractivity contribution in [2.45, 2.75) is 6.61 Å². The van der Waals surface area contributed by atoms with Crippen LogP contribution in [-0.4, -0.2) is 18.3 Å².